The second kappa shape index (κ2) is 3.35. The Morgan fingerprint density at radius 3 is 3.20 bits per heavy atom. The first-order chi connectivity index (χ1) is 7.37. The molecule has 0 amide bonds. The summed E-state index contributed by atoms with van der Waals surface area (Å²) in [5, 5.41) is 3.62. The van der Waals surface area contributed by atoms with Crippen molar-refractivity contribution in [3.05, 3.63) is 23.7 Å². The van der Waals surface area contributed by atoms with Crippen LogP contribution in [0.15, 0.2) is 16.7 Å². The van der Waals surface area contributed by atoms with E-state index in [2.05, 4.69) is 11.4 Å². The highest BCUT2D eigenvalue weighted by molar-refractivity contribution is 5.30. The molecule has 3 nitrogen and oxygen atoms in total. The highest BCUT2D eigenvalue weighted by Gasteiger charge is 2.50. The Hall–Kier alpha value is -0.800. The summed E-state index contributed by atoms with van der Waals surface area (Å²) in [6, 6.07) is 2.10. The molecule has 2 aliphatic rings. The van der Waals surface area contributed by atoms with Crippen LogP contribution in [-0.4, -0.2) is 20.3 Å². The molecular weight excluding hydrogens is 190 g/mol. The third-order valence-electron chi connectivity index (χ3n) is 3.63. The fourth-order valence-corrected chi connectivity index (χ4v) is 2.79. The minimum atomic E-state index is -0.0359. The Morgan fingerprint density at radius 1 is 1.60 bits per heavy atom. The molecule has 1 aliphatic heterocycles. The van der Waals surface area contributed by atoms with Crippen molar-refractivity contribution in [3.8, 4) is 0 Å². The second-order valence-electron chi connectivity index (χ2n) is 4.63. The lowest BCUT2D eigenvalue weighted by molar-refractivity contribution is 0.0719. The van der Waals surface area contributed by atoms with E-state index in [1.54, 1.807) is 7.11 Å². The van der Waals surface area contributed by atoms with Gasteiger partial charge in [-0.3, -0.25) is 0 Å². The third-order valence-corrected chi connectivity index (χ3v) is 3.63. The quantitative estimate of drug-likeness (QED) is 0.818. The van der Waals surface area contributed by atoms with Crippen LogP contribution in [0.25, 0.3) is 0 Å². The van der Waals surface area contributed by atoms with E-state index < -0.39 is 0 Å². The van der Waals surface area contributed by atoms with E-state index in [0.29, 0.717) is 5.92 Å². The van der Waals surface area contributed by atoms with E-state index in [4.69, 9.17) is 9.15 Å². The SMILES string of the molecule is COCC1(C2CC2)NCCc2ccoc21. The van der Waals surface area contributed by atoms with Crippen LogP contribution in [0.1, 0.15) is 24.2 Å². The minimum absolute atomic E-state index is 0.0359. The summed E-state index contributed by atoms with van der Waals surface area (Å²) >= 11 is 0. The molecule has 0 radical (unpaired) electrons. The van der Waals surface area contributed by atoms with Gasteiger partial charge in [0.15, 0.2) is 0 Å². The summed E-state index contributed by atoms with van der Waals surface area (Å²) in [7, 11) is 1.77. The van der Waals surface area contributed by atoms with Crippen molar-refractivity contribution in [1.29, 1.82) is 0 Å². The van der Waals surface area contributed by atoms with Crippen LogP contribution < -0.4 is 5.32 Å². The Balaban J connectivity index is 2.02. The molecule has 1 aromatic heterocycles. The van der Waals surface area contributed by atoms with Gasteiger partial charge < -0.3 is 14.5 Å². The molecule has 0 bridgehead atoms. The molecule has 1 atom stereocenters. The Kier molecular flexibility index (Phi) is 2.11. The highest BCUT2D eigenvalue weighted by atomic mass is 16.5. The third kappa shape index (κ3) is 1.34. The number of hydrogen-bond donors (Lipinski definition) is 1. The Labute approximate surface area is 89.8 Å². The van der Waals surface area contributed by atoms with E-state index in [-0.39, 0.29) is 5.54 Å². The topological polar surface area (TPSA) is 34.4 Å². The molecule has 1 fully saturated rings. The first-order valence-electron chi connectivity index (χ1n) is 5.67. The first kappa shape index (κ1) is 9.43. The van der Waals surface area contributed by atoms with Crippen molar-refractivity contribution in [2.75, 3.05) is 20.3 Å². The summed E-state index contributed by atoms with van der Waals surface area (Å²) in [5.41, 5.74) is 1.32. The van der Waals surface area contributed by atoms with Crippen molar-refractivity contribution >= 4 is 0 Å². The molecule has 2 heterocycles. The maximum atomic E-state index is 5.68. The van der Waals surface area contributed by atoms with Gasteiger partial charge in [-0.1, -0.05) is 0 Å². The summed E-state index contributed by atoms with van der Waals surface area (Å²) in [6.45, 7) is 1.75. The van der Waals surface area contributed by atoms with Crippen LogP contribution in [0.3, 0.4) is 0 Å². The zero-order valence-corrected chi connectivity index (χ0v) is 9.08. The number of rotatable bonds is 3. The van der Waals surface area contributed by atoms with Gasteiger partial charge in [0.05, 0.1) is 12.9 Å². The molecular formula is C12H17NO2. The summed E-state index contributed by atoms with van der Waals surface area (Å²) < 4.78 is 11.1. The molecule has 3 heteroatoms. The van der Waals surface area contributed by atoms with Crippen LogP contribution in [0, 0.1) is 5.92 Å². The molecule has 3 rings (SSSR count). The number of methoxy groups -OCH3 is 1. The Bertz CT molecular complexity index is 356. The number of furan rings is 1. The largest absolute Gasteiger partial charge is 0.467 e. The minimum Gasteiger partial charge on any atom is -0.467 e. The maximum Gasteiger partial charge on any atom is 0.129 e. The van der Waals surface area contributed by atoms with Gasteiger partial charge in [-0.25, -0.2) is 0 Å². The van der Waals surface area contributed by atoms with Gasteiger partial charge >= 0.3 is 0 Å². The molecule has 0 spiro atoms. The number of fused-ring (bicyclic) bond motifs is 1. The molecule has 1 aromatic rings. The number of ether oxygens (including phenoxy) is 1. The van der Waals surface area contributed by atoms with E-state index in [1.807, 2.05) is 6.26 Å². The van der Waals surface area contributed by atoms with Crippen molar-refractivity contribution in [1.82, 2.24) is 5.32 Å². The zero-order valence-electron chi connectivity index (χ0n) is 9.08. The monoisotopic (exact) mass is 207 g/mol. The predicted molar refractivity (Wildman–Crippen MR) is 56.7 cm³/mol. The van der Waals surface area contributed by atoms with Gasteiger partial charge in [0.25, 0.3) is 0 Å². The van der Waals surface area contributed by atoms with Crippen LogP contribution in [0.5, 0.6) is 0 Å². The van der Waals surface area contributed by atoms with Gasteiger partial charge in [-0.2, -0.15) is 0 Å². The van der Waals surface area contributed by atoms with Crippen molar-refractivity contribution in [2.45, 2.75) is 24.8 Å². The molecule has 1 N–H and O–H groups in total. The van der Waals surface area contributed by atoms with Gasteiger partial charge in [-0.15, -0.1) is 0 Å². The molecule has 1 unspecified atom stereocenters. The maximum absolute atomic E-state index is 5.68. The van der Waals surface area contributed by atoms with Crippen LogP contribution in [0.2, 0.25) is 0 Å². The summed E-state index contributed by atoms with van der Waals surface area (Å²) in [4.78, 5) is 0. The van der Waals surface area contributed by atoms with E-state index >= 15 is 0 Å². The normalized spacial score (nSPS) is 30.2. The van der Waals surface area contributed by atoms with Gasteiger partial charge in [0.2, 0.25) is 0 Å². The first-order valence-corrected chi connectivity index (χ1v) is 5.67. The van der Waals surface area contributed by atoms with Crippen LogP contribution >= 0.6 is 0 Å². The number of nitrogens with one attached hydrogen (secondary N) is 1. The molecule has 15 heavy (non-hydrogen) atoms. The number of hydrogen-bond acceptors (Lipinski definition) is 3. The fourth-order valence-electron chi connectivity index (χ4n) is 2.79. The zero-order chi connectivity index (χ0) is 10.3. The average Bonchev–Trinajstić information content (AvgIpc) is 2.98. The molecule has 0 saturated heterocycles. The summed E-state index contributed by atoms with van der Waals surface area (Å²) in [5.74, 6) is 1.82. The smallest absolute Gasteiger partial charge is 0.129 e. The lowest BCUT2D eigenvalue weighted by atomic mass is 9.85. The lowest BCUT2D eigenvalue weighted by Crippen LogP contribution is -2.51. The van der Waals surface area contributed by atoms with Gasteiger partial charge in [-0.05, 0) is 36.8 Å². The lowest BCUT2D eigenvalue weighted by Gasteiger charge is -2.36. The molecule has 1 saturated carbocycles. The average molecular weight is 207 g/mol. The fraction of sp³-hybridized carbons (Fsp3) is 0.667. The van der Waals surface area contributed by atoms with Crippen molar-refractivity contribution < 1.29 is 9.15 Å². The summed E-state index contributed by atoms with van der Waals surface area (Å²) in [6.07, 6.45) is 5.46. The standard InChI is InChI=1S/C12H17NO2/c1-14-8-12(10-2-3-10)11-9(4-6-13-12)5-7-15-11/h5,7,10,13H,2-4,6,8H2,1H3. The second-order valence-corrected chi connectivity index (χ2v) is 4.63. The van der Waals surface area contributed by atoms with Crippen LogP contribution in [0.4, 0.5) is 0 Å². The van der Waals surface area contributed by atoms with Crippen LogP contribution in [-0.2, 0) is 16.7 Å². The molecule has 1 aliphatic carbocycles. The van der Waals surface area contributed by atoms with E-state index in [9.17, 15) is 0 Å². The van der Waals surface area contributed by atoms with E-state index in [0.717, 1.165) is 25.3 Å². The molecule has 82 valence electrons. The van der Waals surface area contributed by atoms with Gasteiger partial charge in [0, 0.05) is 13.7 Å². The van der Waals surface area contributed by atoms with E-state index in [1.165, 1.54) is 18.4 Å². The van der Waals surface area contributed by atoms with Crippen molar-refractivity contribution in [3.63, 3.8) is 0 Å². The molecule has 0 aromatic carbocycles. The Morgan fingerprint density at radius 2 is 2.47 bits per heavy atom. The van der Waals surface area contributed by atoms with Gasteiger partial charge in [0.1, 0.15) is 11.3 Å². The predicted octanol–water partition coefficient (Wildman–Crippen LogP) is 1.68. The highest BCUT2D eigenvalue weighted by Crippen LogP contribution is 2.48. The van der Waals surface area contributed by atoms with Crippen molar-refractivity contribution in [2.24, 2.45) is 5.92 Å².